The topological polar surface area (TPSA) is 69.2 Å². The van der Waals surface area contributed by atoms with E-state index in [-0.39, 0.29) is 41.4 Å². The van der Waals surface area contributed by atoms with E-state index in [0.29, 0.717) is 6.54 Å². The molecular weight excluding hydrogens is 445 g/mol. The second-order valence-corrected chi connectivity index (χ2v) is 7.52. The van der Waals surface area contributed by atoms with Crippen LogP contribution in [0.2, 0.25) is 0 Å². The number of rotatable bonds is 6. The zero-order valence-electron chi connectivity index (χ0n) is 16.7. The lowest BCUT2D eigenvalue weighted by molar-refractivity contribution is -0.138. The van der Waals surface area contributed by atoms with Gasteiger partial charge in [0.2, 0.25) is 5.91 Å². The van der Waals surface area contributed by atoms with Crippen LogP contribution in [0.3, 0.4) is 0 Å². The Morgan fingerprint density at radius 1 is 1.31 bits per heavy atom. The normalized spacial score (nSPS) is 23.2. The molecule has 8 heteroatoms. The highest BCUT2D eigenvalue weighted by Crippen LogP contribution is 2.39. The molecule has 152 valence electrons. The largest absolute Gasteiger partial charge is 0.374 e. The number of likely N-dealkylation sites (N-methyl/N-ethyl adjacent to an activating group) is 1. The number of nitrogens with one attached hydrogen (secondary N) is 2. The molecular formula is C18H36IN5O2. The van der Waals surface area contributed by atoms with Crippen LogP contribution in [0.25, 0.3) is 0 Å². The van der Waals surface area contributed by atoms with Crippen molar-refractivity contribution in [2.24, 2.45) is 10.4 Å². The first kappa shape index (κ1) is 23.4. The molecule has 0 radical (unpaired) electrons. The van der Waals surface area contributed by atoms with Crippen molar-refractivity contribution in [3.63, 3.8) is 0 Å². The van der Waals surface area contributed by atoms with Crippen LogP contribution in [0.5, 0.6) is 0 Å². The van der Waals surface area contributed by atoms with Gasteiger partial charge in [-0.05, 0) is 26.8 Å². The van der Waals surface area contributed by atoms with Crippen LogP contribution in [0.4, 0.5) is 0 Å². The Morgan fingerprint density at radius 3 is 2.58 bits per heavy atom. The molecule has 1 aliphatic carbocycles. The van der Waals surface area contributed by atoms with Crippen LogP contribution >= 0.6 is 24.0 Å². The molecule has 7 nitrogen and oxygen atoms in total. The van der Waals surface area contributed by atoms with Gasteiger partial charge in [0.25, 0.3) is 0 Å². The first-order chi connectivity index (χ1) is 12.0. The van der Waals surface area contributed by atoms with Gasteiger partial charge in [0.15, 0.2) is 5.96 Å². The van der Waals surface area contributed by atoms with E-state index in [4.69, 9.17) is 9.73 Å². The lowest BCUT2D eigenvalue weighted by Crippen LogP contribution is -2.49. The maximum Gasteiger partial charge on any atom is 0.230 e. The fourth-order valence-corrected chi connectivity index (χ4v) is 3.74. The number of amides is 1. The zero-order chi connectivity index (χ0) is 18.3. The molecule has 0 bridgehead atoms. The number of hydrogen-bond acceptors (Lipinski definition) is 4. The number of nitrogens with zero attached hydrogens (tertiary/aromatic N) is 3. The van der Waals surface area contributed by atoms with Gasteiger partial charge in [-0.25, -0.2) is 0 Å². The van der Waals surface area contributed by atoms with E-state index in [0.717, 1.165) is 64.4 Å². The van der Waals surface area contributed by atoms with Crippen molar-refractivity contribution in [3.8, 4) is 0 Å². The number of guanidine groups is 1. The van der Waals surface area contributed by atoms with Crippen LogP contribution < -0.4 is 10.6 Å². The number of halogens is 1. The number of ether oxygens (including phenoxy) is 1. The molecule has 0 aromatic rings. The van der Waals surface area contributed by atoms with Gasteiger partial charge >= 0.3 is 0 Å². The predicted octanol–water partition coefficient (Wildman–Crippen LogP) is 1.14. The monoisotopic (exact) mass is 481 g/mol. The maximum atomic E-state index is 12.7. The Labute approximate surface area is 175 Å². The summed E-state index contributed by atoms with van der Waals surface area (Å²) in [6.07, 6.45) is 4.27. The van der Waals surface area contributed by atoms with Crippen LogP contribution in [0.1, 0.15) is 32.6 Å². The van der Waals surface area contributed by atoms with Gasteiger partial charge < -0.3 is 25.2 Å². The molecule has 26 heavy (non-hydrogen) atoms. The van der Waals surface area contributed by atoms with E-state index in [1.807, 2.05) is 14.1 Å². The SMILES string of the molecule is CCNC(=NCC1(C(=O)N(C)C)CCCC1)NCC1CN(C)CCO1.I. The van der Waals surface area contributed by atoms with E-state index in [9.17, 15) is 4.79 Å². The summed E-state index contributed by atoms with van der Waals surface area (Å²) in [6, 6.07) is 0. The van der Waals surface area contributed by atoms with Gasteiger partial charge in [0, 0.05) is 40.3 Å². The summed E-state index contributed by atoms with van der Waals surface area (Å²) in [5.74, 6) is 0.985. The second-order valence-electron chi connectivity index (χ2n) is 7.52. The number of hydrogen-bond donors (Lipinski definition) is 2. The minimum absolute atomic E-state index is 0. The van der Waals surface area contributed by atoms with Crippen LogP contribution in [0.15, 0.2) is 4.99 Å². The minimum atomic E-state index is -0.326. The summed E-state index contributed by atoms with van der Waals surface area (Å²) in [7, 11) is 5.80. The maximum absolute atomic E-state index is 12.7. The third-order valence-electron chi connectivity index (χ3n) is 5.14. The predicted molar refractivity (Wildman–Crippen MR) is 116 cm³/mol. The molecule has 2 aliphatic rings. The highest BCUT2D eigenvalue weighted by Gasteiger charge is 2.42. The lowest BCUT2D eigenvalue weighted by Gasteiger charge is -2.31. The third-order valence-corrected chi connectivity index (χ3v) is 5.14. The average Bonchev–Trinajstić information content (AvgIpc) is 3.06. The third kappa shape index (κ3) is 6.53. The summed E-state index contributed by atoms with van der Waals surface area (Å²) < 4.78 is 5.80. The fraction of sp³-hybridized carbons (Fsp3) is 0.889. The molecule has 1 aliphatic heterocycles. The van der Waals surface area contributed by atoms with Crippen molar-refractivity contribution in [1.82, 2.24) is 20.4 Å². The van der Waals surface area contributed by atoms with Crippen molar-refractivity contribution in [2.45, 2.75) is 38.7 Å². The van der Waals surface area contributed by atoms with E-state index < -0.39 is 0 Å². The van der Waals surface area contributed by atoms with Crippen molar-refractivity contribution >= 4 is 35.8 Å². The summed E-state index contributed by atoms with van der Waals surface area (Å²) >= 11 is 0. The average molecular weight is 481 g/mol. The van der Waals surface area contributed by atoms with Crippen molar-refractivity contribution in [1.29, 1.82) is 0 Å². The van der Waals surface area contributed by atoms with Crippen molar-refractivity contribution < 1.29 is 9.53 Å². The van der Waals surface area contributed by atoms with E-state index in [1.165, 1.54) is 0 Å². The van der Waals surface area contributed by atoms with Crippen molar-refractivity contribution in [3.05, 3.63) is 0 Å². The van der Waals surface area contributed by atoms with Gasteiger partial charge in [-0.1, -0.05) is 12.8 Å². The molecule has 0 aromatic carbocycles. The first-order valence-corrected chi connectivity index (χ1v) is 9.51. The molecule has 1 heterocycles. The molecule has 2 N–H and O–H groups in total. The highest BCUT2D eigenvalue weighted by atomic mass is 127. The van der Waals surface area contributed by atoms with Crippen molar-refractivity contribution in [2.75, 3.05) is 60.5 Å². The molecule has 1 saturated heterocycles. The molecule has 1 unspecified atom stereocenters. The van der Waals surface area contributed by atoms with Gasteiger partial charge in [-0.15, -0.1) is 24.0 Å². The molecule has 1 amide bonds. The summed E-state index contributed by atoms with van der Waals surface area (Å²) in [4.78, 5) is 21.4. The highest BCUT2D eigenvalue weighted by molar-refractivity contribution is 14.0. The fourth-order valence-electron chi connectivity index (χ4n) is 3.74. The Kier molecular flexibility index (Phi) is 10.2. The van der Waals surface area contributed by atoms with Gasteiger partial charge in [-0.2, -0.15) is 0 Å². The molecule has 2 fully saturated rings. The molecule has 0 aromatic heterocycles. The second kappa shape index (κ2) is 11.3. The Balaban J connectivity index is 0.00000338. The van der Waals surface area contributed by atoms with E-state index in [1.54, 1.807) is 4.90 Å². The van der Waals surface area contributed by atoms with E-state index >= 15 is 0 Å². The zero-order valence-corrected chi connectivity index (χ0v) is 19.0. The number of aliphatic imine (C=N–C) groups is 1. The summed E-state index contributed by atoms with van der Waals surface area (Å²) in [6.45, 7) is 6.81. The quantitative estimate of drug-likeness (QED) is 0.339. The molecule has 1 atom stereocenters. The summed E-state index contributed by atoms with van der Waals surface area (Å²) in [5, 5.41) is 6.67. The van der Waals surface area contributed by atoms with Gasteiger partial charge in [0.05, 0.1) is 24.7 Å². The Hall–Kier alpha value is -0.610. The standard InChI is InChI=1S/C18H35N5O2.HI/c1-5-19-17(20-12-15-13-23(4)10-11-25-15)21-14-18(8-6-7-9-18)16(24)22(2)3;/h15H,5-14H2,1-4H3,(H2,19,20,21);1H. The first-order valence-electron chi connectivity index (χ1n) is 9.51. The summed E-state index contributed by atoms with van der Waals surface area (Å²) in [5.41, 5.74) is -0.326. The number of carbonyl (C=O) groups excluding carboxylic acids is 1. The molecule has 1 saturated carbocycles. The molecule has 0 spiro atoms. The van der Waals surface area contributed by atoms with Crippen LogP contribution in [-0.4, -0.2) is 88.2 Å². The Bertz CT molecular complexity index is 466. The Morgan fingerprint density at radius 2 is 2.00 bits per heavy atom. The van der Waals surface area contributed by atoms with Crippen LogP contribution in [-0.2, 0) is 9.53 Å². The lowest BCUT2D eigenvalue weighted by atomic mass is 9.85. The van der Waals surface area contributed by atoms with Crippen LogP contribution in [0, 0.1) is 5.41 Å². The minimum Gasteiger partial charge on any atom is -0.374 e. The number of carbonyl (C=O) groups is 1. The molecule has 2 rings (SSSR count). The smallest absolute Gasteiger partial charge is 0.230 e. The number of morpholine rings is 1. The van der Waals surface area contributed by atoms with Gasteiger partial charge in [0.1, 0.15) is 0 Å². The van der Waals surface area contributed by atoms with Gasteiger partial charge in [-0.3, -0.25) is 9.79 Å². The van der Waals surface area contributed by atoms with E-state index in [2.05, 4.69) is 29.5 Å².